The SMILES string of the molecule is Cc1cc(N2CCN(CC(=O)N[C@@H]3CCCC[C@H]3C)CC2)nc(C(C)C)n1. The van der Waals surface area contributed by atoms with Gasteiger partial charge in [-0.15, -0.1) is 0 Å². The van der Waals surface area contributed by atoms with E-state index in [2.05, 4.69) is 46.9 Å². The van der Waals surface area contributed by atoms with E-state index in [-0.39, 0.29) is 5.91 Å². The second kappa shape index (κ2) is 9.00. The first kappa shape index (κ1) is 20.1. The number of hydrogen-bond donors (Lipinski definition) is 1. The lowest BCUT2D eigenvalue weighted by Crippen LogP contribution is -2.51. The summed E-state index contributed by atoms with van der Waals surface area (Å²) in [6.07, 6.45) is 4.91. The fourth-order valence-electron chi connectivity index (χ4n) is 4.12. The van der Waals surface area contributed by atoms with Crippen LogP contribution in [0.25, 0.3) is 0 Å². The van der Waals surface area contributed by atoms with Crippen molar-refractivity contribution in [2.24, 2.45) is 5.92 Å². The highest BCUT2D eigenvalue weighted by Gasteiger charge is 2.25. The minimum Gasteiger partial charge on any atom is -0.354 e. The Morgan fingerprint density at radius 2 is 1.89 bits per heavy atom. The van der Waals surface area contributed by atoms with Crippen LogP contribution in [0.4, 0.5) is 5.82 Å². The molecule has 2 aliphatic rings. The fourth-order valence-corrected chi connectivity index (χ4v) is 4.12. The number of carbonyl (C=O) groups excluding carboxylic acids is 1. The van der Waals surface area contributed by atoms with Gasteiger partial charge in [0.15, 0.2) is 0 Å². The van der Waals surface area contributed by atoms with Gasteiger partial charge in [-0.3, -0.25) is 9.69 Å². The predicted molar refractivity (Wildman–Crippen MR) is 109 cm³/mol. The van der Waals surface area contributed by atoms with E-state index in [1.165, 1.54) is 19.3 Å². The van der Waals surface area contributed by atoms with Gasteiger partial charge in [-0.2, -0.15) is 0 Å². The molecule has 3 rings (SSSR count). The zero-order valence-corrected chi connectivity index (χ0v) is 17.4. The number of hydrogen-bond acceptors (Lipinski definition) is 5. The van der Waals surface area contributed by atoms with Crippen LogP contribution in [-0.4, -0.2) is 59.5 Å². The van der Waals surface area contributed by atoms with Gasteiger partial charge < -0.3 is 10.2 Å². The minimum atomic E-state index is 0.183. The van der Waals surface area contributed by atoms with Crippen molar-refractivity contribution in [3.63, 3.8) is 0 Å². The maximum absolute atomic E-state index is 12.5. The Morgan fingerprint density at radius 1 is 1.19 bits per heavy atom. The Morgan fingerprint density at radius 3 is 2.56 bits per heavy atom. The normalized spacial score (nSPS) is 24.3. The van der Waals surface area contributed by atoms with Crippen molar-refractivity contribution in [2.75, 3.05) is 37.6 Å². The number of amides is 1. The maximum Gasteiger partial charge on any atom is 0.234 e. The van der Waals surface area contributed by atoms with Gasteiger partial charge >= 0.3 is 0 Å². The third-order valence-corrected chi connectivity index (χ3v) is 5.90. The molecule has 1 amide bonds. The van der Waals surface area contributed by atoms with Crippen LogP contribution < -0.4 is 10.2 Å². The standard InChI is InChI=1S/C21H35N5O/c1-15(2)21-22-17(4)13-19(24-21)26-11-9-25(10-12-26)14-20(27)23-18-8-6-5-7-16(18)3/h13,15-16,18H,5-12,14H2,1-4H3,(H,23,27)/t16-,18-/m1/s1. The molecular weight excluding hydrogens is 338 g/mol. The molecule has 150 valence electrons. The van der Waals surface area contributed by atoms with E-state index in [0.717, 1.165) is 49.9 Å². The van der Waals surface area contributed by atoms with E-state index in [1.807, 2.05) is 6.92 Å². The molecule has 0 unspecified atom stereocenters. The van der Waals surface area contributed by atoms with Crippen LogP contribution in [-0.2, 0) is 4.79 Å². The van der Waals surface area contributed by atoms with Gasteiger partial charge in [0.05, 0.1) is 6.54 Å². The van der Waals surface area contributed by atoms with Crippen molar-refractivity contribution in [2.45, 2.75) is 65.3 Å². The number of aryl methyl sites for hydroxylation is 1. The second-order valence-electron chi connectivity index (χ2n) is 8.58. The molecule has 2 atom stereocenters. The first-order valence-corrected chi connectivity index (χ1v) is 10.5. The molecule has 0 spiro atoms. The summed E-state index contributed by atoms with van der Waals surface area (Å²) in [5.74, 6) is 3.05. The van der Waals surface area contributed by atoms with Gasteiger partial charge in [-0.1, -0.05) is 33.6 Å². The summed E-state index contributed by atoms with van der Waals surface area (Å²) in [4.78, 5) is 26.3. The number of nitrogens with zero attached hydrogens (tertiary/aromatic N) is 4. The Balaban J connectivity index is 1.49. The molecule has 2 fully saturated rings. The molecule has 1 saturated carbocycles. The summed E-state index contributed by atoms with van der Waals surface area (Å²) in [7, 11) is 0. The molecule has 6 heteroatoms. The van der Waals surface area contributed by atoms with E-state index < -0.39 is 0 Å². The minimum absolute atomic E-state index is 0.183. The van der Waals surface area contributed by atoms with Crippen LogP contribution in [0, 0.1) is 12.8 Å². The summed E-state index contributed by atoms with van der Waals surface area (Å²) in [5.41, 5.74) is 1.02. The number of nitrogens with one attached hydrogen (secondary N) is 1. The van der Waals surface area contributed by atoms with Gasteiger partial charge in [0.2, 0.25) is 5.91 Å². The van der Waals surface area contributed by atoms with Crippen molar-refractivity contribution in [1.29, 1.82) is 0 Å². The van der Waals surface area contributed by atoms with Crippen LogP contribution in [0.15, 0.2) is 6.07 Å². The molecule has 1 aromatic heterocycles. The van der Waals surface area contributed by atoms with Crippen LogP contribution >= 0.6 is 0 Å². The molecule has 1 aliphatic carbocycles. The lowest BCUT2D eigenvalue weighted by Gasteiger charge is -2.36. The van der Waals surface area contributed by atoms with Crippen LogP contribution in [0.3, 0.4) is 0 Å². The van der Waals surface area contributed by atoms with Gasteiger partial charge in [0.25, 0.3) is 0 Å². The van der Waals surface area contributed by atoms with Gasteiger partial charge in [0.1, 0.15) is 11.6 Å². The molecule has 0 bridgehead atoms. The number of anilines is 1. The largest absolute Gasteiger partial charge is 0.354 e. The van der Waals surface area contributed by atoms with Crippen molar-refractivity contribution in [3.05, 3.63) is 17.6 Å². The molecule has 1 N–H and O–H groups in total. The van der Waals surface area contributed by atoms with Crippen molar-refractivity contribution in [1.82, 2.24) is 20.2 Å². The number of piperazine rings is 1. The van der Waals surface area contributed by atoms with Gasteiger partial charge in [0, 0.05) is 49.9 Å². The third-order valence-electron chi connectivity index (χ3n) is 5.90. The third kappa shape index (κ3) is 5.41. The predicted octanol–water partition coefficient (Wildman–Crippen LogP) is 2.73. The Kier molecular flexibility index (Phi) is 6.68. The number of rotatable bonds is 5. The van der Waals surface area contributed by atoms with Crippen LogP contribution in [0.1, 0.15) is 63.9 Å². The van der Waals surface area contributed by atoms with Crippen LogP contribution in [0.2, 0.25) is 0 Å². The molecule has 6 nitrogen and oxygen atoms in total. The summed E-state index contributed by atoms with van der Waals surface area (Å²) in [6.45, 7) is 12.7. The van der Waals surface area contributed by atoms with Crippen molar-refractivity contribution in [3.8, 4) is 0 Å². The fraction of sp³-hybridized carbons (Fsp3) is 0.762. The molecule has 2 heterocycles. The highest BCUT2D eigenvalue weighted by molar-refractivity contribution is 5.78. The lowest BCUT2D eigenvalue weighted by atomic mass is 9.86. The first-order valence-electron chi connectivity index (χ1n) is 10.5. The van der Waals surface area contributed by atoms with E-state index in [4.69, 9.17) is 4.98 Å². The average molecular weight is 374 g/mol. The van der Waals surface area contributed by atoms with Crippen molar-refractivity contribution < 1.29 is 4.79 Å². The van der Waals surface area contributed by atoms with Crippen LogP contribution in [0.5, 0.6) is 0 Å². The monoisotopic (exact) mass is 373 g/mol. The second-order valence-corrected chi connectivity index (χ2v) is 8.58. The van der Waals surface area contributed by atoms with E-state index >= 15 is 0 Å². The topological polar surface area (TPSA) is 61.4 Å². The number of aromatic nitrogens is 2. The Labute approximate surface area is 163 Å². The van der Waals surface area contributed by atoms with Gasteiger partial charge in [-0.05, 0) is 25.7 Å². The van der Waals surface area contributed by atoms with Gasteiger partial charge in [-0.25, -0.2) is 9.97 Å². The van der Waals surface area contributed by atoms with Crippen molar-refractivity contribution >= 4 is 11.7 Å². The average Bonchev–Trinajstić information content (AvgIpc) is 2.63. The zero-order valence-electron chi connectivity index (χ0n) is 17.4. The Bertz CT molecular complexity index is 639. The van der Waals surface area contributed by atoms with E-state index in [1.54, 1.807) is 0 Å². The van der Waals surface area contributed by atoms with E-state index in [0.29, 0.717) is 24.4 Å². The lowest BCUT2D eigenvalue weighted by molar-refractivity contribution is -0.123. The van der Waals surface area contributed by atoms with E-state index in [9.17, 15) is 4.79 Å². The maximum atomic E-state index is 12.5. The summed E-state index contributed by atoms with van der Waals surface area (Å²) in [6, 6.07) is 2.43. The summed E-state index contributed by atoms with van der Waals surface area (Å²) >= 11 is 0. The molecule has 1 saturated heterocycles. The zero-order chi connectivity index (χ0) is 19.4. The summed E-state index contributed by atoms with van der Waals surface area (Å²) < 4.78 is 0. The summed E-state index contributed by atoms with van der Waals surface area (Å²) in [5, 5.41) is 3.27. The smallest absolute Gasteiger partial charge is 0.234 e. The molecular formula is C21H35N5O. The Hall–Kier alpha value is -1.69. The first-order chi connectivity index (χ1) is 12.9. The molecule has 0 aromatic carbocycles. The molecule has 1 aliphatic heterocycles. The molecule has 1 aromatic rings. The number of carbonyl (C=O) groups is 1. The highest BCUT2D eigenvalue weighted by atomic mass is 16.2. The quantitative estimate of drug-likeness (QED) is 0.860. The highest BCUT2D eigenvalue weighted by Crippen LogP contribution is 2.23. The molecule has 0 radical (unpaired) electrons. The molecule has 27 heavy (non-hydrogen) atoms.